The molecule has 1 atom stereocenters. The number of rotatable bonds is 8. The quantitative estimate of drug-likeness (QED) is 0.134. The molecule has 0 saturated carbocycles. The summed E-state index contributed by atoms with van der Waals surface area (Å²) in [5, 5.41) is 0. The van der Waals surface area contributed by atoms with Crippen molar-refractivity contribution in [3.63, 3.8) is 0 Å². The van der Waals surface area contributed by atoms with Gasteiger partial charge in [0.2, 0.25) is 21.0 Å². The fourth-order valence-electron chi connectivity index (χ4n) is 4.41. The van der Waals surface area contributed by atoms with Crippen molar-refractivity contribution in [2.24, 2.45) is 0 Å². The van der Waals surface area contributed by atoms with Crippen molar-refractivity contribution in [1.82, 2.24) is 0 Å². The summed E-state index contributed by atoms with van der Waals surface area (Å²) >= 11 is 1.01. The Morgan fingerprint density at radius 1 is 0.625 bits per heavy atom. The second-order valence-electron chi connectivity index (χ2n) is 9.24. The third kappa shape index (κ3) is 6.04. The van der Waals surface area contributed by atoms with Crippen LogP contribution in [0.15, 0.2) is 132 Å². The lowest BCUT2D eigenvalue weighted by atomic mass is 10.1. The zero-order chi connectivity index (χ0) is 27.3. The molecule has 1 aliphatic heterocycles. The Labute approximate surface area is 250 Å². The van der Waals surface area contributed by atoms with E-state index in [1.54, 1.807) is 0 Å². The standard InChI is InChI=1S/C34H26IO4S/c35-28-16-14-26(15-17-28)33-34(27-12-7-13-29(20-27)37-22-24-8-3-1-4-9-24)40(36)32-21-30(18-19-31(32)39-33)38-23-25-10-5-2-6-11-25/h1-21,36H,22-23H2/q+1. The fraction of sp³-hybridized carbons (Fsp3) is 0.0588. The van der Waals surface area contributed by atoms with E-state index in [0.717, 1.165) is 31.6 Å². The molecule has 0 saturated heterocycles. The molecule has 0 bridgehead atoms. The monoisotopic (exact) mass is 657 g/mol. The molecular weight excluding hydrogens is 631 g/mol. The normalized spacial score (nSPS) is 14.3. The number of hydrogen-bond donors (Lipinski definition) is 1. The number of ether oxygens (including phenoxy) is 3. The summed E-state index contributed by atoms with van der Waals surface area (Å²) < 4.78 is 31.7. The van der Waals surface area contributed by atoms with Crippen LogP contribution in [0.3, 0.4) is 0 Å². The van der Waals surface area contributed by atoms with Crippen LogP contribution in [0, 0.1) is 3.57 Å². The summed E-state index contributed by atoms with van der Waals surface area (Å²) in [5.41, 5.74) is 3.90. The van der Waals surface area contributed by atoms with E-state index in [4.69, 9.17) is 14.2 Å². The molecule has 6 rings (SSSR count). The highest BCUT2D eigenvalue weighted by atomic mass is 127. The topological polar surface area (TPSA) is 47.9 Å². The SMILES string of the molecule is O[S+]1C(c2cccc(OCc3ccccc3)c2)=C(c2ccc(I)cc2)Oc2ccc(OCc3ccccc3)cc21. The zero-order valence-corrected chi connectivity index (χ0v) is 24.5. The van der Waals surface area contributed by atoms with Crippen LogP contribution < -0.4 is 14.2 Å². The average Bonchev–Trinajstić information content (AvgIpc) is 3.00. The van der Waals surface area contributed by atoms with E-state index in [1.807, 2.05) is 127 Å². The summed E-state index contributed by atoms with van der Waals surface area (Å²) in [6.45, 7) is 0.899. The largest absolute Gasteiger partial charge is 0.489 e. The van der Waals surface area contributed by atoms with Crippen LogP contribution >= 0.6 is 22.6 Å². The van der Waals surface area contributed by atoms with Gasteiger partial charge < -0.3 is 14.2 Å². The van der Waals surface area contributed by atoms with Gasteiger partial charge in [-0.05, 0) is 88.3 Å². The fourth-order valence-corrected chi connectivity index (χ4v) is 6.20. The highest BCUT2D eigenvalue weighted by molar-refractivity contribution is 14.1. The van der Waals surface area contributed by atoms with Crippen molar-refractivity contribution in [2.75, 3.05) is 0 Å². The second-order valence-corrected chi connectivity index (χ2v) is 11.9. The van der Waals surface area contributed by atoms with Crippen LogP contribution in [0.25, 0.3) is 10.7 Å². The van der Waals surface area contributed by atoms with Gasteiger partial charge in [-0.15, -0.1) is 0 Å². The van der Waals surface area contributed by atoms with Gasteiger partial charge in [-0.3, -0.25) is 0 Å². The van der Waals surface area contributed by atoms with Crippen molar-refractivity contribution in [2.45, 2.75) is 18.1 Å². The van der Waals surface area contributed by atoms with Crippen LogP contribution in [0.2, 0.25) is 0 Å². The number of benzene rings is 5. The Kier molecular flexibility index (Phi) is 8.09. The van der Waals surface area contributed by atoms with E-state index in [9.17, 15) is 4.55 Å². The molecule has 1 N–H and O–H groups in total. The first kappa shape index (κ1) is 26.5. The van der Waals surface area contributed by atoms with Crippen LogP contribution in [0.5, 0.6) is 17.2 Å². The van der Waals surface area contributed by atoms with Gasteiger partial charge in [0.25, 0.3) is 0 Å². The third-order valence-corrected chi connectivity index (χ3v) is 8.70. The summed E-state index contributed by atoms with van der Waals surface area (Å²) in [4.78, 5) is 1.39. The van der Waals surface area contributed by atoms with E-state index < -0.39 is 11.2 Å². The molecule has 0 aromatic heterocycles. The average molecular weight is 658 g/mol. The van der Waals surface area contributed by atoms with E-state index in [0.29, 0.717) is 40.3 Å². The Morgan fingerprint density at radius 2 is 1.25 bits per heavy atom. The lowest BCUT2D eigenvalue weighted by Crippen LogP contribution is -2.16. The van der Waals surface area contributed by atoms with Crippen molar-refractivity contribution in [3.05, 3.63) is 153 Å². The molecular formula is C34H26IO4S+. The first-order valence-electron chi connectivity index (χ1n) is 12.8. The van der Waals surface area contributed by atoms with Crippen molar-refractivity contribution >= 4 is 44.4 Å². The van der Waals surface area contributed by atoms with E-state index in [1.165, 1.54) is 0 Å². The minimum absolute atomic E-state index is 0.442. The van der Waals surface area contributed by atoms with Crippen LogP contribution in [-0.4, -0.2) is 4.55 Å². The first-order chi connectivity index (χ1) is 19.6. The Morgan fingerprint density at radius 3 is 1.90 bits per heavy atom. The molecule has 5 aromatic rings. The lowest BCUT2D eigenvalue weighted by Gasteiger charge is -2.21. The molecule has 4 nitrogen and oxygen atoms in total. The van der Waals surface area contributed by atoms with Gasteiger partial charge >= 0.3 is 0 Å². The molecule has 198 valence electrons. The van der Waals surface area contributed by atoms with Gasteiger partial charge in [-0.25, -0.2) is 0 Å². The minimum atomic E-state index is -1.28. The van der Waals surface area contributed by atoms with Gasteiger partial charge in [-0.2, -0.15) is 4.55 Å². The molecule has 40 heavy (non-hydrogen) atoms. The lowest BCUT2D eigenvalue weighted by molar-refractivity contribution is 0.304. The van der Waals surface area contributed by atoms with Crippen molar-refractivity contribution in [1.29, 1.82) is 0 Å². The van der Waals surface area contributed by atoms with Crippen LogP contribution in [0.1, 0.15) is 22.3 Å². The highest BCUT2D eigenvalue weighted by Gasteiger charge is 2.41. The smallest absolute Gasteiger partial charge is 0.246 e. The van der Waals surface area contributed by atoms with Gasteiger partial charge in [0.1, 0.15) is 24.7 Å². The molecule has 6 heteroatoms. The molecule has 0 spiro atoms. The Bertz CT molecular complexity index is 1640. The van der Waals surface area contributed by atoms with E-state index in [-0.39, 0.29) is 0 Å². The Balaban J connectivity index is 1.34. The van der Waals surface area contributed by atoms with Gasteiger partial charge in [-0.1, -0.05) is 66.7 Å². The number of halogens is 1. The van der Waals surface area contributed by atoms with Gasteiger partial charge in [0, 0.05) is 20.8 Å². The number of hydrogen-bond acceptors (Lipinski definition) is 4. The number of fused-ring (bicyclic) bond motifs is 1. The summed E-state index contributed by atoms with van der Waals surface area (Å²) in [6, 6.07) is 41.7. The Hall–Kier alpha value is -3.72. The molecule has 0 radical (unpaired) electrons. The predicted molar refractivity (Wildman–Crippen MR) is 169 cm³/mol. The summed E-state index contributed by atoms with van der Waals surface area (Å²) in [5.74, 6) is 2.65. The zero-order valence-electron chi connectivity index (χ0n) is 21.5. The maximum atomic E-state index is 11.9. The minimum Gasteiger partial charge on any atom is -0.489 e. The van der Waals surface area contributed by atoms with E-state index in [2.05, 4.69) is 22.6 Å². The van der Waals surface area contributed by atoms with Crippen molar-refractivity contribution in [3.8, 4) is 17.2 Å². The predicted octanol–water partition coefficient (Wildman–Crippen LogP) is 8.82. The van der Waals surface area contributed by atoms with Gasteiger partial charge in [0.05, 0.1) is 0 Å². The molecule has 1 heterocycles. The molecule has 5 aromatic carbocycles. The molecule has 1 aliphatic rings. The van der Waals surface area contributed by atoms with Crippen LogP contribution in [0.4, 0.5) is 0 Å². The second kappa shape index (κ2) is 12.2. The molecule has 0 fully saturated rings. The molecule has 0 amide bonds. The summed E-state index contributed by atoms with van der Waals surface area (Å²) in [6.07, 6.45) is 0. The molecule has 0 aliphatic carbocycles. The van der Waals surface area contributed by atoms with Crippen molar-refractivity contribution < 1.29 is 18.8 Å². The third-order valence-electron chi connectivity index (χ3n) is 6.43. The van der Waals surface area contributed by atoms with Crippen LogP contribution in [-0.2, 0) is 24.4 Å². The van der Waals surface area contributed by atoms with E-state index >= 15 is 0 Å². The summed E-state index contributed by atoms with van der Waals surface area (Å²) in [7, 11) is 0. The van der Waals surface area contributed by atoms with Gasteiger partial charge in [0.15, 0.2) is 11.5 Å². The highest BCUT2D eigenvalue weighted by Crippen LogP contribution is 2.46. The maximum Gasteiger partial charge on any atom is 0.246 e. The first-order valence-corrected chi connectivity index (χ1v) is 15.1. The maximum absolute atomic E-state index is 11.9. The molecule has 1 unspecified atom stereocenters.